The molecule has 0 aromatic heterocycles. The summed E-state index contributed by atoms with van der Waals surface area (Å²) in [6.07, 6.45) is 2.99. The monoisotopic (exact) mass is 226 g/mol. The van der Waals surface area contributed by atoms with E-state index in [9.17, 15) is 4.79 Å². The second kappa shape index (κ2) is 6.24. The van der Waals surface area contributed by atoms with Gasteiger partial charge in [-0.2, -0.15) is 0 Å². The van der Waals surface area contributed by atoms with E-state index in [4.69, 9.17) is 0 Å². The lowest BCUT2D eigenvalue weighted by Gasteiger charge is -2.34. The van der Waals surface area contributed by atoms with Gasteiger partial charge < -0.3 is 9.80 Å². The molecule has 0 aromatic carbocycles. The molecule has 94 valence electrons. The Bertz CT molecular complexity index is 220. The van der Waals surface area contributed by atoms with Crippen LogP contribution >= 0.6 is 0 Å². The molecule has 1 rings (SSSR count). The molecule has 0 unspecified atom stereocenters. The Morgan fingerprint density at radius 3 is 2.38 bits per heavy atom. The van der Waals surface area contributed by atoms with Crippen molar-refractivity contribution in [2.75, 3.05) is 26.7 Å². The Morgan fingerprint density at radius 1 is 1.38 bits per heavy atom. The molecular formula is C13H26N2O. The van der Waals surface area contributed by atoms with Crippen molar-refractivity contribution in [2.24, 2.45) is 5.92 Å². The van der Waals surface area contributed by atoms with Crippen molar-refractivity contribution in [1.29, 1.82) is 0 Å². The summed E-state index contributed by atoms with van der Waals surface area (Å²) in [7, 11) is 2.19. The number of hydrogen-bond acceptors (Lipinski definition) is 2. The summed E-state index contributed by atoms with van der Waals surface area (Å²) < 4.78 is 0. The number of piperidine rings is 1. The van der Waals surface area contributed by atoms with E-state index in [2.05, 4.69) is 25.8 Å². The van der Waals surface area contributed by atoms with Crippen molar-refractivity contribution in [3.05, 3.63) is 0 Å². The van der Waals surface area contributed by atoms with Crippen molar-refractivity contribution in [1.82, 2.24) is 9.80 Å². The topological polar surface area (TPSA) is 23.6 Å². The summed E-state index contributed by atoms with van der Waals surface area (Å²) in [5.74, 6) is 1.09. The minimum Gasteiger partial charge on any atom is -0.343 e. The first-order valence-corrected chi connectivity index (χ1v) is 6.52. The quantitative estimate of drug-likeness (QED) is 0.732. The fourth-order valence-corrected chi connectivity index (χ4v) is 2.21. The zero-order valence-electron chi connectivity index (χ0n) is 11.2. The summed E-state index contributed by atoms with van der Waals surface area (Å²) in [6.45, 7) is 9.50. The number of rotatable bonds is 4. The Balaban J connectivity index is 2.29. The number of amides is 1. The number of hydrogen-bond donors (Lipinski definition) is 0. The molecule has 0 spiro atoms. The van der Waals surface area contributed by atoms with Gasteiger partial charge in [-0.1, -0.05) is 6.92 Å². The molecule has 1 heterocycles. The van der Waals surface area contributed by atoms with Gasteiger partial charge in [-0.05, 0) is 39.7 Å². The van der Waals surface area contributed by atoms with Gasteiger partial charge >= 0.3 is 0 Å². The lowest BCUT2D eigenvalue weighted by molar-refractivity contribution is -0.132. The predicted molar refractivity (Wildman–Crippen MR) is 67.4 cm³/mol. The van der Waals surface area contributed by atoms with E-state index in [1.165, 1.54) is 19.4 Å². The van der Waals surface area contributed by atoms with Crippen LogP contribution in [-0.2, 0) is 4.79 Å². The molecule has 3 heteroatoms. The largest absolute Gasteiger partial charge is 0.343 e. The Hall–Kier alpha value is -0.570. The molecule has 1 aliphatic heterocycles. The van der Waals surface area contributed by atoms with Crippen molar-refractivity contribution in [3.63, 3.8) is 0 Å². The van der Waals surface area contributed by atoms with E-state index in [0.717, 1.165) is 19.0 Å². The lowest BCUT2D eigenvalue weighted by atomic mass is 9.96. The van der Waals surface area contributed by atoms with Crippen LogP contribution in [0, 0.1) is 5.92 Å². The normalized spacial score (nSPS) is 18.5. The maximum absolute atomic E-state index is 11.5. The molecule has 16 heavy (non-hydrogen) atoms. The molecule has 0 atom stereocenters. The van der Waals surface area contributed by atoms with Crippen LogP contribution in [-0.4, -0.2) is 48.4 Å². The zero-order chi connectivity index (χ0) is 12.1. The van der Waals surface area contributed by atoms with Gasteiger partial charge in [0.05, 0.1) is 0 Å². The van der Waals surface area contributed by atoms with E-state index in [1.54, 1.807) is 0 Å². The van der Waals surface area contributed by atoms with Crippen LogP contribution in [0.4, 0.5) is 0 Å². The van der Waals surface area contributed by atoms with Crippen LogP contribution in [0.2, 0.25) is 0 Å². The Kier molecular flexibility index (Phi) is 5.26. The summed E-state index contributed by atoms with van der Waals surface area (Å²) in [5.41, 5.74) is 0. The molecule has 1 saturated heterocycles. The molecular weight excluding hydrogens is 200 g/mol. The Morgan fingerprint density at radius 2 is 1.94 bits per heavy atom. The van der Waals surface area contributed by atoms with Crippen molar-refractivity contribution in [3.8, 4) is 0 Å². The molecule has 0 aliphatic carbocycles. The van der Waals surface area contributed by atoms with E-state index >= 15 is 0 Å². The average Bonchev–Trinajstić information content (AvgIpc) is 2.28. The second-order valence-corrected chi connectivity index (χ2v) is 5.21. The van der Waals surface area contributed by atoms with Crippen LogP contribution in [0.25, 0.3) is 0 Å². The van der Waals surface area contributed by atoms with E-state index < -0.39 is 0 Å². The zero-order valence-corrected chi connectivity index (χ0v) is 11.2. The van der Waals surface area contributed by atoms with E-state index in [1.807, 2.05) is 11.8 Å². The van der Waals surface area contributed by atoms with Crippen molar-refractivity contribution < 1.29 is 4.79 Å². The molecule has 0 saturated carbocycles. The van der Waals surface area contributed by atoms with Crippen LogP contribution in [0.5, 0.6) is 0 Å². The maximum atomic E-state index is 11.5. The van der Waals surface area contributed by atoms with Gasteiger partial charge in [-0.15, -0.1) is 0 Å². The van der Waals surface area contributed by atoms with Crippen molar-refractivity contribution >= 4 is 5.91 Å². The first-order chi connectivity index (χ1) is 7.54. The molecule has 0 aromatic rings. The third-order valence-corrected chi connectivity index (χ3v) is 3.70. The number of carbonyl (C=O) groups is 1. The summed E-state index contributed by atoms with van der Waals surface area (Å²) in [6, 6.07) is 0.621. The minimum absolute atomic E-state index is 0.315. The van der Waals surface area contributed by atoms with Gasteiger partial charge in [0.25, 0.3) is 0 Å². The highest BCUT2D eigenvalue weighted by atomic mass is 16.2. The summed E-state index contributed by atoms with van der Waals surface area (Å²) in [4.78, 5) is 15.9. The molecule has 0 bridgehead atoms. The lowest BCUT2D eigenvalue weighted by Crippen LogP contribution is -2.41. The van der Waals surface area contributed by atoms with Gasteiger partial charge in [-0.3, -0.25) is 4.79 Å². The molecule has 0 radical (unpaired) electrons. The van der Waals surface area contributed by atoms with Gasteiger partial charge in [0.1, 0.15) is 0 Å². The van der Waals surface area contributed by atoms with Crippen LogP contribution in [0.1, 0.15) is 40.0 Å². The second-order valence-electron chi connectivity index (χ2n) is 5.21. The highest BCUT2D eigenvalue weighted by Crippen LogP contribution is 2.19. The number of likely N-dealkylation sites (tertiary alicyclic amines) is 1. The van der Waals surface area contributed by atoms with E-state index in [-0.39, 0.29) is 0 Å². The molecule has 0 N–H and O–H groups in total. The molecule has 1 fully saturated rings. The highest BCUT2D eigenvalue weighted by Gasteiger charge is 2.22. The fourth-order valence-electron chi connectivity index (χ4n) is 2.21. The highest BCUT2D eigenvalue weighted by molar-refractivity contribution is 5.75. The van der Waals surface area contributed by atoms with Crippen LogP contribution < -0.4 is 0 Å². The van der Waals surface area contributed by atoms with Gasteiger partial charge in [0.2, 0.25) is 5.91 Å². The van der Waals surface area contributed by atoms with Gasteiger partial charge in [0, 0.05) is 32.1 Å². The third-order valence-electron chi connectivity index (χ3n) is 3.70. The molecule has 1 aliphatic rings. The summed E-state index contributed by atoms with van der Waals surface area (Å²) in [5, 5.41) is 0. The van der Waals surface area contributed by atoms with Crippen molar-refractivity contribution in [2.45, 2.75) is 46.1 Å². The average molecular weight is 226 g/mol. The number of nitrogens with zero attached hydrogens (tertiary/aromatic N) is 2. The number of carbonyl (C=O) groups excluding carboxylic acids is 1. The van der Waals surface area contributed by atoms with Gasteiger partial charge in [-0.25, -0.2) is 0 Å². The standard InChI is InChI=1S/C13H26N2O/c1-5-13(16)15-8-6-12(7-9-15)10-14(4)11(2)3/h11-12H,5-10H2,1-4H3. The van der Waals surface area contributed by atoms with Gasteiger partial charge in [0.15, 0.2) is 0 Å². The van der Waals surface area contributed by atoms with Crippen LogP contribution in [0.3, 0.4) is 0 Å². The smallest absolute Gasteiger partial charge is 0.222 e. The van der Waals surface area contributed by atoms with E-state index in [0.29, 0.717) is 18.4 Å². The molecule has 3 nitrogen and oxygen atoms in total. The van der Waals surface area contributed by atoms with Crippen LogP contribution in [0.15, 0.2) is 0 Å². The predicted octanol–water partition coefficient (Wildman–Crippen LogP) is 1.98. The fraction of sp³-hybridized carbons (Fsp3) is 0.923. The molecule has 1 amide bonds. The first kappa shape index (κ1) is 13.5. The maximum Gasteiger partial charge on any atom is 0.222 e. The summed E-state index contributed by atoms with van der Waals surface area (Å²) >= 11 is 0. The SMILES string of the molecule is CCC(=O)N1CCC(CN(C)C(C)C)CC1. The Labute approximate surface area is 99.8 Å². The minimum atomic E-state index is 0.315. The first-order valence-electron chi connectivity index (χ1n) is 6.52. The third kappa shape index (κ3) is 3.78.